The third kappa shape index (κ3) is 4.35. The van der Waals surface area contributed by atoms with Gasteiger partial charge in [-0.1, -0.05) is 0 Å². The van der Waals surface area contributed by atoms with Crippen LogP contribution in [0.4, 0.5) is 26.3 Å². The number of nitrogens with zero attached hydrogens (tertiary/aromatic N) is 3. The third-order valence-electron chi connectivity index (χ3n) is 3.27. The van der Waals surface area contributed by atoms with Crippen molar-refractivity contribution in [3.8, 4) is 22.3 Å². The molecular formula is C16H9F6N3OS. The molecule has 0 fully saturated rings. The van der Waals surface area contributed by atoms with Gasteiger partial charge in [0.15, 0.2) is 5.82 Å². The molecule has 3 rings (SSSR count). The number of halogens is 6. The van der Waals surface area contributed by atoms with Gasteiger partial charge in [-0.2, -0.15) is 31.3 Å². The molecule has 142 valence electrons. The van der Waals surface area contributed by atoms with Crippen LogP contribution in [-0.2, 0) is 12.4 Å². The number of aromatic nitrogens is 3. The Kier molecular flexibility index (Phi) is 4.81. The minimum absolute atomic E-state index is 0.0267. The van der Waals surface area contributed by atoms with Gasteiger partial charge in [-0.25, -0.2) is 4.98 Å². The second kappa shape index (κ2) is 6.80. The van der Waals surface area contributed by atoms with Crippen LogP contribution in [-0.4, -0.2) is 15.0 Å². The average molecular weight is 405 g/mol. The molecule has 0 spiro atoms. The van der Waals surface area contributed by atoms with Crippen LogP contribution in [0.1, 0.15) is 16.1 Å². The van der Waals surface area contributed by atoms with Gasteiger partial charge in [0.1, 0.15) is 16.3 Å². The third-order valence-corrected chi connectivity index (χ3v) is 4.39. The summed E-state index contributed by atoms with van der Waals surface area (Å²) >= 11 is 0.455. The maximum Gasteiger partial charge on any atom is 0.433 e. The van der Waals surface area contributed by atoms with E-state index in [2.05, 4.69) is 15.0 Å². The zero-order valence-electron chi connectivity index (χ0n) is 13.4. The molecule has 3 heterocycles. The second-order valence-electron chi connectivity index (χ2n) is 5.32. The molecule has 0 saturated carbocycles. The highest BCUT2D eigenvalue weighted by Gasteiger charge is 2.33. The number of pyridine rings is 1. The molecule has 0 aliphatic carbocycles. The molecule has 0 aromatic carbocycles. The number of thiophene rings is 1. The quantitative estimate of drug-likeness (QED) is 0.522. The minimum atomic E-state index is -4.64. The van der Waals surface area contributed by atoms with Gasteiger partial charge in [0.2, 0.25) is 5.88 Å². The summed E-state index contributed by atoms with van der Waals surface area (Å²) in [4.78, 5) is 10.6. The van der Waals surface area contributed by atoms with Gasteiger partial charge < -0.3 is 4.74 Å². The van der Waals surface area contributed by atoms with Gasteiger partial charge in [-0.15, -0.1) is 11.3 Å². The summed E-state index contributed by atoms with van der Waals surface area (Å²) in [6.45, 7) is 1.56. The summed E-state index contributed by atoms with van der Waals surface area (Å²) in [5, 5.41) is 0. The molecule has 3 aromatic heterocycles. The van der Waals surface area contributed by atoms with Crippen LogP contribution in [0.15, 0.2) is 36.7 Å². The fourth-order valence-corrected chi connectivity index (χ4v) is 2.81. The Morgan fingerprint density at radius 2 is 1.70 bits per heavy atom. The van der Waals surface area contributed by atoms with E-state index in [-0.39, 0.29) is 22.3 Å². The predicted molar refractivity (Wildman–Crippen MR) is 84.4 cm³/mol. The molecule has 4 nitrogen and oxygen atoms in total. The monoisotopic (exact) mass is 405 g/mol. The SMILES string of the molecule is Cc1cnc(-c2ccc(C(F)(F)F)s2)nc1Oc1ccnc(C(F)(F)F)c1. The van der Waals surface area contributed by atoms with E-state index in [1.54, 1.807) is 6.92 Å². The highest BCUT2D eigenvalue weighted by molar-refractivity contribution is 7.15. The van der Waals surface area contributed by atoms with Crippen molar-refractivity contribution in [3.63, 3.8) is 0 Å². The van der Waals surface area contributed by atoms with Gasteiger partial charge in [-0.3, -0.25) is 4.98 Å². The first-order valence-electron chi connectivity index (χ1n) is 7.26. The molecule has 11 heteroatoms. The molecule has 0 atom stereocenters. The van der Waals surface area contributed by atoms with E-state index >= 15 is 0 Å². The molecule has 3 aromatic rings. The van der Waals surface area contributed by atoms with Gasteiger partial charge in [0.05, 0.1) is 4.88 Å². The van der Waals surface area contributed by atoms with E-state index < -0.39 is 22.9 Å². The Bertz CT molecular complexity index is 967. The number of alkyl halides is 6. The molecule has 0 aliphatic rings. The second-order valence-corrected chi connectivity index (χ2v) is 6.40. The lowest BCUT2D eigenvalue weighted by atomic mass is 10.3. The van der Waals surface area contributed by atoms with E-state index in [1.807, 2.05) is 0 Å². The Labute approximate surface area is 152 Å². The number of aryl methyl sites for hydroxylation is 1. The van der Waals surface area contributed by atoms with Crippen LogP contribution in [0.2, 0.25) is 0 Å². The largest absolute Gasteiger partial charge is 0.438 e. The topological polar surface area (TPSA) is 47.9 Å². The lowest BCUT2D eigenvalue weighted by Gasteiger charge is -2.10. The number of rotatable bonds is 3. The van der Waals surface area contributed by atoms with Crippen molar-refractivity contribution in [2.45, 2.75) is 19.3 Å². The summed E-state index contributed by atoms with van der Waals surface area (Å²) in [5.41, 5.74) is -0.739. The average Bonchev–Trinajstić information content (AvgIpc) is 3.07. The molecule has 0 unspecified atom stereocenters. The Morgan fingerprint density at radius 3 is 2.33 bits per heavy atom. The number of ether oxygens (including phenoxy) is 1. The molecule has 0 N–H and O–H groups in total. The highest BCUT2D eigenvalue weighted by atomic mass is 32.1. The summed E-state index contributed by atoms with van der Waals surface area (Å²) < 4.78 is 81.8. The van der Waals surface area contributed by atoms with E-state index in [4.69, 9.17) is 4.74 Å². The fourth-order valence-electron chi connectivity index (χ4n) is 2.00. The van der Waals surface area contributed by atoms with Gasteiger partial charge >= 0.3 is 12.4 Å². The maximum atomic E-state index is 12.7. The number of hydrogen-bond acceptors (Lipinski definition) is 5. The smallest absolute Gasteiger partial charge is 0.433 e. The Morgan fingerprint density at radius 1 is 0.963 bits per heavy atom. The first-order valence-corrected chi connectivity index (χ1v) is 8.08. The van der Waals surface area contributed by atoms with E-state index in [1.165, 1.54) is 18.3 Å². The van der Waals surface area contributed by atoms with Crippen molar-refractivity contribution in [3.05, 3.63) is 52.8 Å². The van der Waals surface area contributed by atoms with Crippen LogP contribution in [0.5, 0.6) is 11.6 Å². The van der Waals surface area contributed by atoms with E-state index in [0.717, 1.165) is 12.3 Å². The van der Waals surface area contributed by atoms with E-state index in [9.17, 15) is 26.3 Å². The first kappa shape index (κ1) is 19.1. The summed E-state index contributed by atoms with van der Waals surface area (Å²) in [7, 11) is 0. The molecule has 0 radical (unpaired) electrons. The zero-order chi connectivity index (χ0) is 19.8. The summed E-state index contributed by atoms with van der Waals surface area (Å²) in [6, 6.07) is 4.04. The molecular weight excluding hydrogens is 396 g/mol. The lowest BCUT2D eigenvalue weighted by Crippen LogP contribution is -2.07. The van der Waals surface area contributed by atoms with Crippen LogP contribution in [0.3, 0.4) is 0 Å². The van der Waals surface area contributed by atoms with Crippen molar-refractivity contribution < 1.29 is 31.1 Å². The standard InChI is InChI=1S/C16H9F6N3OS/c1-8-7-24-13(10-2-3-12(27-10)16(20,21)22)25-14(8)26-9-4-5-23-11(6-9)15(17,18)19/h2-7H,1H3. The Hall–Kier alpha value is -2.69. The van der Waals surface area contributed by atoms with Crippen molar-refractivity contribution in [2.75, 3.05) is 0 Å². The summed E-state index contributed by atoms with van der Waals surface area (Å²) in [6.07, 6.45) is -6.88. The fraction of sp³-hybridized carbons (Fsp3) is 0.188. The maximum absolute atomic E-state index is 12.7. The van der Waals surface area contributed by atoms with Crippen molar-refractivity contribution in [2.24, 2.45) is 0 Å². The van der Waals surface area contributed by atoms with Gasteiger partial charge in [-0.05, 0) is 25.1 Å². The van der Waals surface area contributed by atoms with Gasteiger partial charge in [0, 0.05) is 24.0 Å². The molecule has 0 amide bonds. The summed E-state index contributed by atoms with van der Waals surface area (Å²) in [5.74, 6) is -0.255. The van der Waals surface area contributed by atoms with Gasteiger partial charge in [0.25, 0.3) is 0 Å². The lowest BCUT2D eigenvalue weighted by molar-refractivity contribution is -0.141. The Balaban J connectivity index is 1.92. The van der Waals surface area contributed by atoms with E-state index in [0.29, 0.717) is 23.0 Å². The van der Waals surface area contributed by atoms with Crippen LogP contribution in [0.25, 0.3) is 10.7 Å². The molecule has 0 bridgehead atoms. The van der Waals surface area contributed by atoms with Crippen molar-refractivity contribution in [1.29, 1.82) is 0 Å². The molecule has 0 saturated heterocycles. The van der Waals surface area contributed by atoms with Crippen molar-refractivity contribution >= 4 is 11.3 Å². The van der Waals surface area contributed by atoms with Crippen LogP contribution in [0, 0.1) is 6.92 Å². The van der Waals surface area contributed by atoms with Crippen molar-refractivity contribution in [1.82, 2.24) is 15.0 Å². The van der Waals surface area contributed by atoms with Crippen LogP contribution >= 0.6 is 11.3 Å². The predicted octanol–water partition coefficient (Wildman–Crippen LogP) is 5.74. The molecule has 27 heavy (non-hydrogen) atoms. The minimum Gasteiger partial charge on any atom is -0.438 e. The van der Waals surface area contributed by atoms with Crippen LogP contribution < -0.4 is 4.74 Å². The first-order chi connectivity index (χ1) is 12.5. The highest BCUT2D eigenvalue weighted by Crippen LogP contribution is 2.38. The molecule has 0 aliphatic heterocycles. The zero-order valence-corrected chi connectivity index (χ0v) is 14.2. The number of hydrogen-bond donors (Lipinski definition) is 0. The normalized spacial score (nSPS) is 12.3.